The molecule has 2 aromatic carbocycles. The van der Waals surface area contributed by atoms with Gasteiger partial charge in [0.1, 0.15) is 17.2 Å². The third-order valence-corrected chi connectivity index (χ3v) is 5.66. The molecule has 0 radical (unpaired) electrons. The summed E-state index contributed by atoms with van der Waals surface area (Å²) < 4.78 is 15.8. The van der Waals surface area contributed by atoms with Crippen LogP contribution in [0.25, 0.3) is 11.3 Å². The number of nitrogens with one attached hydrogen (secondary N) is 2. The Bertz CT molecular complexity index is 1040. The number of H-pyrrole nitrogens is 1. The van der Waals surface area contributed by atoms with Gasteiger partial charge in [-0.25, -0.2) is 0 Å². The SMILES string of the molecule is COc1ccc(-c2cc(N3CCC[C@@H](NC(=O)c4cc(OC)cc(OC)c4)C3)n[nH]2)cc1. The number of hydrogen-bond acceptors (Lipinski definition) is 6. The maximum Gasteiger partial charge on any atom is 0.251 e. The molecule has 4 rings (SSSR count). The molecule has 1 aliphatic rings. The molecule has 1 aromatic heterocycles. The number of aromatic amines is 1. The molecular formula is C24H28N4O4. The Morgan fingerprint density at radius 3 is 2.34 bits per heavy atom. The number of hydrogen-bond donors (Lipinski definition) is 2. The topological polar surface area (TPSA) is 88.7 Å². The highest BCUT2D eigenvalue weighted by atomic mass is 16.5. The molecule has 1 atom stereocenters. The largest absolute Gasteiger partial charge is 0.497 e. The quantitative estimate of drug-likeness (QED) is 0.589. The summed E-state index contributed by atoms with van der Waals surface area (Å²) in [6.45, 7) is 1.59. The third-order valence-electron chi connectivity index (χ3n) is 5.66. The van der Waals surface area contributed by atoms with Crippen molar-refractivity contribution in [2.24, 2.45) is 0 Å². The minimum Gasteiger partial charge on any atom is -0.497 e. The van der Waals surface area contributed by atoms with Gasteiger partial charge in [-0.3, -0.25) is 9.89 Å². The number of anilines is 1. The van der Waals surface area contributed by atoms with Crippen molar-refractivity contribution in [3.8, 4) is 28.5 Å². The number of amides is 1. The highest BCUT2D eigenvalue weighted by molar-refractivity contribution is 5.95. The van der Waals surface area contributed by atoms with E-state index in [9.17, 15) is 4.79 Å². The Kier molecular flexibility index (Phi) is 6.49. The molecule has 1 saturated heterocycles. The number of aromatic nitrogens is 2. The van der Waals surface area contributed by atoms with Crippen molar-refractivity contribution in [2.75, 3.05) is 39.3 Å². The van der Waals surface area contributed by atoms with E-state index in [0.29, 0.717) is 23.6 Å². The molecular weight excluding hydrogens is 408 g/mol. The fourth-order valence-corrected chi connectivity index (χ4v) is 3.90. The van der Waals surface area contributed by atoms with Crippen molar-refractivity contribution in [2.45, 2.75) is 18.9 Å². The number of carbonyl (C=O) groups is 1. The van der Waals surface area contributed by atoms with E-state index >= 15 is 0 Å². The Morgan fingerprint density at radius 2 is 1.69 bits per heavy atom. The smallest absolute Gasteiger partial charge is 0.251 e. The molecule has 0 aliphatic carbocycles. The molecule has 32 heavy (non-hydrogen) atoms. The van der Waals surface area contributed by atoms with E-state index in [1.54, 1.807) is 39.5 Å². The van der Waals surface area contributed by atoms with Crippen LogP contribution >= 0.6 is 0 Å². The molecule has 8 nitrogen and oxygen atoms in total. The lowest BCUT2D eigenvalue weighted by molar-refractivity contribution is 0.0932. The standard InChI is InChI=1S/C24H28N4O4/c1-30-19-8-6-16(7-9-19)22-14-23(27-26-22)28-10-4-5-18(15-28)25-24(29)17-11-20(31-2)13-21(12-17)32-3/h6-9,11-14,18H,4-5,10,15H2,1-3H3,(H,25,29)(H,26,27)/t18-/m1/s1. The molecule has 0 unspecified atom stereocenters. The van der Waals surface area contributed by atoms with E-state index in [2.05, 4.69) is 20.4 Å². The second kappa shape index (κ2) is 9.64. The van der Waals surface area contributed by atoms with Crippen molar-refractivity contribution in [3.05, 3.63) is 54.1 Å². The zero-order valence-corrected chi connectivity index (χ0v) is 18.6. The minimum atomic E-state index is -0.144. The average Bonchev–Trinajstić information content (AvgIpc) is 3.34. The van der Waals surface area contributed by atoms with Gasteiger partial charge in [0.05, 0.1) is 27.0 Å². The summed E-state index contributed by atoms with van der Waals surface area (Å²) in [4.78, 5) is 15.1. The van der Waals surface area contributed by atoms with Crippen LogP contribution in [0, 0.1) is 0 Å². The van der Waals surface area contributed by atoms with E-state index in [1.807, 2.05) is 30.3 Å². The van der Waals surface area contributed by atoms with Crippen molar-refractivity contribution in [3.63, 3.8) is 0 Å². The van der Waals surface area contributed by atoms with Crippen LogP contribution in [-0.4, -0.2) is 56.6 Å². The van der Waals surface area contributed by atoms with Crippen molar-refractivity contribution in [1.29, 1.82) is 0 Å². The predicted molar refractivity (Wildman–Crippen MR) is 123 cm³/mol. The first-order valence-corrected chi connectivity index (χ1v) is 10.6. The number of methoxy groups -OCH3 is 3. The van der Waals surface area contributed by atoms with Crippen LogP contribution in [0.2, 0.25) is 0 Å². The summed E-state index contributed by atoms with van der Waals surface area (Å²) >= 11 is 0. The summed E-state index contributed by atoms with van der Waals surface area (Å²) in [5.41, 5.74) is 2.50. The Balaban J connectivity index is 1.42. The third kappa shape index (κ3) is 4.80. The summed E-state index contributed by atoms with van der Waals surface area (Å²) in [7, 11) is 4.79. The van der Waals surface area contributed by atoms with Gasteiger partial charge < -0.3 is 24.4 Å². The zero-order chi connectivity index (χ0) is 22.5. The van der Waals surface area contributed by atoms with Crippen molar-refractivity contribution < 1.29 is 19.0 Å². The van der Waals surface area contributed by atoms with Crippen molar-refractivity contribution >= 4 is 11.7 Å². The molecule has 8 heteroatoms. The summed E-state index contributed by atoms with van der Waals surface area (Å²) in [6, 6.07) is 15.1. The summed E-state index contributed by atoms with van der Waals surface area (Å²) in [5.74, 6) is 2.72. The predicted octanol–water partition coefficient (Wildman–Crippen LogP) is 3.50. The lowest BCUT2D eigenvalue weighted by Crippen LogP contribution is -2.48. The molecule has 2 N–H and O–H groups in total. The number of piperidine rings is 1. The number of rotatable bonds is 7. The first-order chi connectivity index (χ1) is 15.6. The monoisotopic (exact) mass is 436 g/mol. The van der Waals surface area contributed by atoms with Gasteiger partial charge in [-0.2, -0.15) is 5.10 Å². The number of benzene rings is 2. The van der Waals surface area contributed by atoms with Gasteiger partial charge in [0.15, 0.2) is 5.82 Å². The van der Waals surface area contributed by atoms with Crippen LogP contribution in [0.5, 0.6) is 17.2 Å². The van der Waals surface area contributed by atoms with E-state index < -0.39 is 0 Å². The van der Waals surface area contributed by atoms with Gasteiger partial charge in [0.2, 0.25) is 0 Å². The lowest BCUT2D eigenvalue weighted by atomic mass is 10.0. The molecule has 0 spiro atoms. The first kappa shape index (κ1) is 21.5. The lowest BCUT2D eigenvalue weighted by Gasteiger charge is -2.33. The first-order valence-electron chi connectivity index (χ1n) is 10.6. The fourth-order valence-electron chi connectivity index (χ4n) is 3.90. The molecule has 0 bridgehead atoms. The van der Waals surface area contributed by atoms with Crippen LogP contribution in [0.1, 0.15) is 23.2 Å². The number of carbonyl (C=O) groups excluding carboxylic acids is 1. The van der Waals surface area contributed by atoms with Crippen LogP contribution < -0.4 is 24.4 Å². The second-order valence-electron chi connectivity index (χ2n) is 7.73. The van der Waals surface area contributed by atoms with E-state index in [4.69, 9.17) is 14.2 Å². The Morgan fingerprint density at radius 1 is 1.00 bits per heavy atom. The van der Waals surface area contributed by atoms with Crippen LogP contribution in [-0.2, 0) is 0 Å². The highest BCUT2D eigenvalue weighted by Crippen LogP contribution is 2.26. The highest BCUT2D eigenvalue weighted by Gasteiger charge is 2.24. The van der Waals surface area contributed by atoms with E-state index in [-0.39, 0.29) is 11.9 Å². The molecule has 168 valence electrons. The van der Waals surface area contributed by atoms with E-state index in [0.717, 1.165) is 42.2 Å². The van der Waals surface area contributed by atoms with Gasteiger partial charge in [-0.05, 0) is 54.8 Å². The van der Waals surface area contributed by atoms with Gasteiger partial charge in [0.25, 0.3) is 5.91 Å². The minimum absolute atomic E-state index is 0.0228. The molecule has 3 aromatic rings. The molecule has 1 amide bonds. The van der Waals surface area contributed by atoms with Crippen LogP contribution in [0.15, 0.2) is 48.5 Å². The van der Waals surface area contributed by atoms with Crippen molar-refractivity contribution in [1.82, 2.24) is 15.5 Å². The maximum atomic E-state index is 12.9. The average molecular weight is 437 g/mol. The van der Waals surface area contributed by atoms with Crippen LogP contribution in [0.4, 0.5) is 5.82 Å². The summed E-state index contributed by atoms with van der Waals surface area (Å²) in [5, 5.41) is 10.8. The summed E-state index contributed by atoms with van der Waals surface area (Å²) in [6.07, 6.45) is 1.89. The number of ether oxygens (including phenoxy) is 3. The number of nitrogens with zero attached hydrogens (tertiary/aromatic N) is 2. The molecule has 2 heterocycles. The second-order valence-corrected chi connectivity index (χ2v) is 7.73. The Labute approximate surface area is 187 Å². The fraction of sp³-hybridized carbons (Fsp3) is 0.333. The molecule has 1 fully saturated rings. The zero-order valence-electron chi connectivity index (χ0n) is 18.6. The van der Waals surface area contributed by atoms with Gasteiger partial charge in [-0.1, -0.05) is 0 Å². The van der Waals surface area contributed by atoms with Gasteiger partial charge in [0, 0.05) is 36.8 Å². The molecule has 1 aliphatic heterocycles. The Hall–Kier alpha value is -3.68. The van der Waals surface area contributed by atoms with Crippen LogP contribution in [0.3, 0.4) is 0 Å². The normalized spacial score (nSPS) is 15.8. The molecule has 0 saturated carbocycles. The van der Waals surface area contributed by atoms with Gasteiger partial charge >= 0.3 is 0 Å². The van der Waals surface area contributed by atoms with E-state index in [1.165, 1.54) is 0 Å². The maximum absolute atomic E-state index is 12.9. The van der Waals surface area contributed by atoms with Gasteiger partial charge in [-0.15, -0.1) is 0 Å².